The van der Waals surface area contributed by atoms with E-state index in [4.69, 9.17) is 15.0 Å². The number of halogens is 2. The molecule has 2 aromatic carbocycles. The molecule has 0 amide bonds. The average Bonchev–Trinajstić information content (AvgIpc) is 2.81. The molecule has 0 radical (unpaired) electrons. The van der Waals surface area contributed by atoms with Crippen molar-refractivity contribution >= 4 is 55.7 Å². The van der Waals surface area contributed by atoms with E-state index in [1.54, 1.807) is 0 Å². The molecule has 0 fully saturated rings. The molecule has 1 heterocycles. The Morgan fingerprint density at radius 3 is 1.17 bits per heavy atom. The van der Waals surface area contributed by atoms with Crippen molar-refractivity contribution in [2.24, 2.45) is 9.98 Å². The Kier molecular flexibility index (Phi) is 9.82. The van der Waals surface area contributed by atoms with Crippen LogP contribution >= 0.6 is 31.9 Å². The van der Waals surface area contributed by atoms with Crippen LogP contribution in [0.25, 0.3) is 0 Å². The average molecular weight is 611 g/mol. The van der Waals surface area contributed by atoms with Gasteiger partial charge in [0.05, 0.1) is 35.2 Å². The summed E-state index contributed by atoms with van der Waals surface area (Å²) in [4.78, 5) is 14.7. The zero-order chi connectivity index (χ0) is 26.6. The number of nitrogens with zero attached hydrogens (tertiary/aromatic N) is 3. The second-order valence-electron chi connectivity index (χ2n) is 10.5. The first-order valence-corrected chi connectivity index (χ1v) is 14.3. The quantitative estimate of drug-likeness (QED) is 0.234. The van der Waals surface area contributed by atoms with Crippen LogP contribution in [0.1, 0.15) is 113 Å². The summed E-state index contributed by atoms with van der Waals surface area (Å²) in [5.74, 6) is 1.48. The smallest absolute Gasteiger partial charge is 0.0820 e. The lowest BCUT2D eigenvalue weighted by atomic mass is 9.93. The first kappa shape index (κ1) is 28.5. The monoisotopic (exact) mass is 609 g/mol. The second kappa shape index (κ2) is 12.4. The molecule has 3 rings (SSSR count). The fraction of sp³-hybridized carbons (Fsp3) is 0.387. The Bertz CT molecular complexity index is 1120. The van der Waals surface area contributed by atoms with Crippen LogP contribution in [0, 0.1) is 0 Å². The highest BCUT2D eigenvalue weighted by Crippen LogP contribution is 2.38. The molecule has 190 valence electrons. The maximum absolute atomic E-state index is 4.95. The van der Waals surface area contributed by atoms with Gasteiger partial charge < -0.3 is 0 Å². The Labute approximate surface area is 233 Å². The van der Waals surface area contributed by atoms with E-state index < -0.39 is 0 Å². The minimum absolute atomic E-state index is 0.370. The van der Waals surface area contributed by atoms with Gasteiger partial charge in [-0.2, -0.15) is 0 Å². The highest BCUT2D eigenvalue weighted by atomic mass is 79.9. The fourth-order valence-electron chi connectivity index (χ4n) is 4.22. The first-order valence-electron chi connectivity index (χ1n) is 12.7. The van der Waals surface area contributed by atoms with Crippen LogP contribution in [0.5, 0.6) is 0 Å². The molecule has 0 N–H and O–H groups in total. The van der Waals surface area contributed by atoms with Crippen LogP contribution in [-0.2, 0) is 0 Å². The van der Waals surface area contributed by atoms with E-state index in [1.807, 2.05) is 30.6 Å². The van der Waals surface area contributed by atoms with Crippen LogP contribution in [-0.4, -0.2) is 17.4 Å². The molecule has 36 heavy (non-hydrogen) atoms. The van der Waals surface area contributed by atoms with Crippen molar-refractivity contribution in [1.82, 2.24) is 4.98 Å². The van der Waals surface area contributed by atoms with E-state index in [-0.39, 0.29) is 0 Å². The van der Waals surface area contributed by atoms with Gasteiger partial charge in [-0.05, 0) is 82.3 Å². The predicted octanol–water partition coefficient (Wildman–Crippen LogP) is 10.6. The number of aliphatic imine (C=N–C) groups is 2. The molecule has 0 unspecified atom stereocenters. The number of hydrogen-bond donors (Lipinski definition) is 0. The third-order valence-electron chi connectivity index (χ3n) is 6.20. The highest BCUT2D eigenvalue weighted by Gasteiger charge is 2.16. The van der Waals surface area contributed by atoms with Gasteiger partial charge in [0.25, 0.3) is 0 Å². The summed E-state index contributed by atoms with van der Waals surface area (Å²) in [6.07, 6.45) is 3.74. The molecular formula is C31H37Br2N3. The van der Waals surface area contributed by atoms with Crippen LogP contribution < -0.4 is 0 Å². The number of hydrogen-bond acceptors (Lipinski definition) is 3. The standard InChI is InChI=1S/C31H37Br2N3/c1-18(2)26-12-22(32)13-27(19(3)4)30(26)34-16-24-10-9-11-25(36-24)17-35-31-28(20(5)6)14-23(33)15-29(31)21(7)8/h9-21H,1-8H3. The molecule has 0 saturated heterocycles. The summed E-state index contributed by atoms with van der Waals surface area (Å²) in [5, 5.41) is 0. The van der Waals surface area contributed by atoms with E-state index in [2.05, 4.69) is 112 Å². The van der Waals surface area contributed by atoms with Gasteiger partial charge in [0.1, 0.15) is 0 Å². The summed E-state index contributed by atoms with van der Waals surface area (Å²) >= 11 is 7.35. The van der Waals surface area contributed by atoms with Crippen molar-refractivity contribution in [3.63, 3.8) is 0 Å². The van der Waals surface area contributed by atoms with Crippen LogP contribution in [0.4, 0.5) is 11.4 Å². The largest absolute Gasteiger partial charge is 0.254 e. The van der Waals surface area contributed by atoms with Gasteiger partial charge in [-0.1, -0.05) is 93.3 Å². The predicted molar refractivity (Wildman–Crippen MR) is 163 cm³/mol. The van der Waals surface area contributed by atoms with E-state index in [0.717, 1.165) is 31.7 Å². The Morgan fingerprint density at radius 2 is 0.889 bits per heavy atom. The van der Waals surface area contributed by atoms with Crippen molar-refractivity contribution in [3.05, 3.63) is 85.1 Å². The first-order chi connectivity index (χ1) is 17.0. The molecule has 3 aromatic rings. The van der Waals surface area contributed by atoms with Gasteiger partial charge in [-0.15, -0.1) is 0 Å². The van der Waals surface area contributed by atoms with E-state index in [0.29, 0.717) is 23.7 Å². The lowest BCUT2D eigenvalue weighted by molar-refractivity contribution is 0.833. The number of rotatable bonds is 8. The van der Waals surface area contributed by atoms with Crippen LogP contribution in [0.3, 0.4) is 0 Å². The second-order valence-corrected chi connectivity index (χ2v) is 12.3. The topological polar surface area (TPSA) is 37.6 Å². The van der Waals surface area contributed by atoms with Gasteiger partial charge in [0, 0.05) is 8.95 Å². The minimum Gasteiger partial charge on any atom is -0.254 e. The molecule has 5 heteroatoms. The summed E-state index contributed by atoms with van der Waals surface area (Å²) < 4.78 is 2.19. The molecule has 3 nitrogen and oxygen atoms in total. The number of pyridine rings is 1. The lowest BCUT2D eigenvalue weighted by Gasteiger charge is -2.17. The maximum atomic E-state index is 4.95. The Balaban J connectivity index is 2.00. The number of aromatic nitrogens is 1. The summed E-state index contributed by atoms with van der Waals surface area (Å²) in [5.41, 5.74) is 8.66. The normalized spacial score (nSPS) is 12.4. The van der Waals surface area contributed by atoms with Crippen molar-refractivity contribution in [2.75, 3.05) is 0 Å². The third-order valence-corrected chi connectivity index (χ3v) is 7.12. The van der Waals surface area contributed by atoms with Gasteiger partial charge >= 0.3 is 0 Å². The van der Waals surface area contributed by atoms with E-state index in [1.165, 1.54) is 22.3 Å². The van der Waals surface area contributed by atoms with E-state index >= 15 is 0 Å². The maximum Gasteiger partial charge on any atom is 0.0820 e. The van der Waals surface area contributed by atoms with Gasteiger partial charge in [0.15, 0.2) is 0 Å². The van der Waals surface area contributed by atoms with Gasteiger partial charge in [0.2, 0.25) is 0 Å². The third kappa shape index (κ3) is 7.01. The van der Waals surface area contributed by atoms with Crippen molar-refractivity contribution < 1.29 is 0 Å². The molecule has 0 aliphatic carbocycles. The molecule has 1 aromatic heterocycles. The number of benzene rings is 2. The van der Waals surface area contributed by atoms with Gasteiger partial charge in [-0.3, -0.25) is 9.98 Å². The zero-order valence-electron chi connectivity index (χ0n) is 22.6. The van der Waals surface area contributed by atoms with Crippen molar-refractivity contribution in [3.8, 4) is 0 Å². The molecule has 0 saturated carbocycles. The Morgan fingerprint density at radius 1 is 0.583 bits per heavy atom. The molecular weight excluding hydrogens is 574 g/mol. The summed E-state index contributed by atoms with van der Waals surface area (Å²) in [6, 6.07) is 14.7. The molecule has 0 aliphatic heterocycles. The molecule has 0 spiro atoms. The zero-order valence-corrected chi connectivity index (χ0v) is 25.8. The summed E-state index contributed by atoms with van der Waals surface area (Å²) in [6.45, 7) is 17.7. The van der Waals surface area contributed by atoms with Gasteiger partial charge in [-0.25, -0.2) is 4.98 Å². The van der Waals surface area contributed by atoms with Crippen LogP contribution in [0.15, 0.2) is 61.4 Å². The summed E-state index contributed by atoms with van der Waals surface area (Å²) in [7, 11) is 0. The lowest BCUT2D eigenvalue weighted by Crippen LogP contribution is -1.98. The molecule has 0 aliphatic rings. The fourth-order valence-corrected chi connectivity index (χ4v) is 5.20. The van der Waals surface area contributed by atoms with Crippen molar-refractivity contribution in [1.29, 1.82) is 0 Å². The highest BCUT2D eigenvalue weighted by molar-refractivity contribution is 9.10. The van der Waals surface area contributed by atoms with E-state index in [9.17, 15) is 0 Å². The minimum atomic E-state index is 0.370. The van der Waals surface area contributed by atoms with Crippen molar-refractivity contribution in [2.45, 2.75) is 79.1 Å². The molecule has 0 atom stereocenters. The van der Waals surface area contributed by atoms with Crippen LogP contribution in [0.2, 0.25) is 0 Å². The molecule has 0 bridgehead atoms. The SMILES string of the molecule is CC(C)c1cc(Br)cc(C(C)C)c1N=Cc1cccc(C=Nc2c(C(C)C)cc(Br)cc2C(C)C)n1. The Hall–Kier alpha value is -2.11.